The Morgan fingerprint density at radius 3 is 2.60 bits per heavy atom. The van der Waals surface area contributed by atoms with Crippen LogP contribution in [0.1, 0.15) is 31.7 Å². The van der Waals surface area contributed by atoms with Gasteiger partial charge in [-0.2, -0.15) is 0 Å². The molecule has 0 radical (unpaired) electrons. The third-order valence-electron chi connectivity index (χ3n) is 3.06. The number of aromatic nitrogens is 1. The zero-order valence-electron chi connectivity index (χ0n) is 9.56. The van der Waals surface area contributed by atoms with E-state index < -0.39 is 11.7 Å². The van der Waals surface area contributed by atoms with Gasteiger partial charge in [0, 0.05) is 25.1 Å². The Hall–Kier alpha value is -0.450. The van der Waals surface area contributed by atoms with E-state index in [9.17, 15) is 5.11 Å². The van der Waals surface area contributed by atoms with Gasteiger partial charge in [-0.05, 0) is 12.8 Å². The molecule has 0 aliphatic rings. The van der Waals surface area contributed by atoms with Crippen molar-refractivity contribution in [2.75, 3.05) is 7.11 Å². The van der Waals surface area contributed by atoms with Crippen LogP contribution in [0.2, 0.25) is 0 Å². The first-order valence-corrected chi connectivity index (χ1v) is 6.18. The molecule has 4 heteroatoms. The number of thiazole rings is 1. The summed E-state index contributed by atoms with van der Waals surface area (Å²) in [5.74, 6) is 0. The van der Waals surface area contributed by atoms with Crippen LogP contribution in [0.25, 0.3) is 0 Å². The summed E-state index contributed by atoms with van der Waals surface area (Å²) in [7, 11) is 1.66. The molecule has 0 saturated carbocycles. The second-order valence-corrected chi connectivity index (χ2v) is 4.60. The SMILES string of the molecule is CCC(CC)(OC)C(O)Cc1nccs1. The molecule has 0 saturated heterocycles. The molecule has 1 rings (SSSR count). The van der Waals surface area contributed by atoms with Gasteiger partial charge in [-0.15, -0.1) is 11.3 Å². The normalized spacial score (nSPS) is 14.1. The molecule has 1 aromatic heterocycles. The third-order valence-corrected chi connectivity index (χ3v) is 3.86. The number of methoxy groups -OCH3 is 1. The second kappa shape index (κ2) is 5.58. The number of aliphatic hydroxyl groups is 1. The van der Waals surface area contributed by atoms with Gasteiger partial charge in [0.15, 0.2) is 0 Å². The van der Waals surface area contributed by atoms with Gasteiger partial charge in [0.1, 0.15) is 0 Å². The van der Waals surface area contributed by atoms with Gasteiger partial charge in [-0.25, -0.2) is 4.98 Å². The summed E-state index contributed by atoms with van der Waals surface area (Å²) >= 11 is 1.57. The fourth-order valence-electron chi connectivity index (χ4n) is 1.85. The van der Waals surface area contributed by atoms with E-state index in [1.54, 1.807) is 24.6 Å². The summed E-state index contributed by atoms with van der Waals surface area (Å²) in [6.07, 6.45) is 3.48. The lowest BCUT2D eigenvalue weighted by atomic mass is 9.88. The van der Waals surface area contributed by atoms with Gasteiger partial charge in [-0.3, -0.25) is 0 Å². The number of rotatable bonds is 6. The standard InChI is InChI=1S/C11H19NO2S/c1-4-11(5-2,14-3)9(13)8-10-12-6-7-15-10/h6-7,9,13H,4-5,8H2,1-3H3. The molecule has 0 bridgehead atoms. The first-order valence-electron chi connectivity index (χ1n) is 5.30. The average Bonchev–Trinajstić information content (AvgIpc) is 2.74. The van der Waals surface area contributed by atoms with Crippen molar-refractivity contribution in [1.82, 2.24) is 4.98 Å². The maximum atomic E-state index is 10.2. The van der Waals surface area contributed by atoms with Gasteiger partial charge in [0.2, 0.25) is 0 Å². The molecule has 15 heavy (non-hydrogen) atoms. The Balaban J connectivity index is 2.68. The summed E-state index contributed by atoms with van der Waals surface area (Å²) < 4.78 is 5.47. The van der Waals surface area contributed by atoms with Crippen molar-refractivity contribution in [3.05, 3.63) is 16.6 Å². The van der Waals surface area contributed by atoms with Crippen LogP contribution in [-0.4, -0.2) is 28.9 Å². The van der Waals surface area contributed by atoms with Crippen LogP contribution < -0.4 is 0 Å². The van der Waals surface area contributed by atoms with E-state index in [-0.39, 0.29) is 0 Å². The minimum absolute atomic E-state index is 0.425. The van der Waals surface area contributed by atoms with Gasteiger partial charge >= 0.3 is 0 Å². The minimum Gasteiger partial charge on any atom is -0.390 e. The zero-order chi connectivity index (χ0) is 11.3. The van der Waals surface area contributed by atoms with Crippen molar-refractivity contribution in [1.29, 1.82) is 0 Å². The zero-order valence-corrected chi connectivity index (χ0v) is 10.4. The maximum absolute atomic E-state index is 10.2. The third kappa shape index (κ3) is 2.77. The minimum atomic E-state index is -0.483. The monoisotopic (exact) mass is 229 g/mol. The van der Waals surface area contributed by atoms with E-state index >= 15 is 0 Å². The highest BCUT2D eigenvalue weighted by Crippen LogP contribution is 2.26. The highest BCUT2D eigenvalue weighted by Gasteiger charge is 2.34. The Morgan fingerprint density at radius 1 is 1.53 bits per heavy atom. The van der Waals surface area contributed by atoms with Crippen LogP contribution in [0.3, 0.4) is 0 Å². The van der Waals surface area contributed by atoms with Crippen LogP contribution in [-0.2, 0) is 11.2 Å². The first-order chi connectivity index (χ1) is 7.18. The van der Waals surface area contributed by atoms with Crippen LogP contribution in [0.5, 0.6) is 0 Å². The molecule has 1 unspecified atom stereocenters. The first kappa shape index (κ1) is 12.6. The van der Waals surface area contributed by atoms with E-state index in [1.807, 2.05) is 19.2 Å². The van der Waals surface area contributed by atoms with E-state index in [1.165, 1.54) is 0 Å². The molecule has 0 spiro atoms. The average molecular weight is 229 g/mol. The molecular formula is C11H19NO2S. The molecule has 1 heterocycles. The molecule has 1 atom stereocenters. The van der Waals surface area contributed by atoms with Crippen molar-refractivity contribution >= 4 is 11.3 Å². The van der Waals surface area contributed by atoms with Crippen LogP contribution in [0.15, 0.2) is 11.6 Å². The highest BCUT2D eigenvalue weighted by molar-refractivity contribution is 7.09. The van der Waals surface area contributed by atoms with Gasteiger partial charge in [-0.1, -0.05) is 13.8 Å². The molecule has 0 amide bonds. The van der Waals surface area contributed by atoms with Gasteiger partial charge < -0.3 is 9.84 Å². The highest BCUT2D eigenvalue weighted by atomic mass is 32.1. The molecule has 0 aliphatic heterocycles. The second-order valence-electron chi connectivity index (χ2n) is 3.62. The topological polar surface area (TPSA) is 42.4 Å². The maximum Gasteiger partial charge on any atom is 0.0951 e. The smallest absolute Gasteiger partial charge is 0.0951 e. The number of aliphatic hydroxyl groups excluding tert-OH is 1. The molecule has 3 nitrogen and oxygen atoms in total. The summed E-state index contributed by atoms with van der Waals surface area (Å²) in [6.45, 7) is 4.08. The number of nitrogens with zero attached hydrogens (tertiary/aromatic N) is 1. The van der Waals surface area contributed by atoms with Gasteiger partial charge in [0.25, 0.3) is 0 Å². The van der Waals surface area contributed by atoms with Crippen LogP contribution in [0, 0.1) is 0 Å². The molecule has 1 aromatic rings. The lowest BCUT2D eigenvalue weighted by Gasteiger charge is -2.34. The molecule has 86 valence electrons. The molecule has 0 aliphatic carbocycles. The Morgan fingerprint density at radius 2 is 2.20 bits per heavy atom. The molecule has 1 N–H and O–H groups in total. The Bertz CT molecular complexity index is 262. The Kier molecular flexibility index (Phi) is 4.70. The van der Waals surface area contributed by atoms with Crippen molar-refractivity contribution in [2.45, 2.75) is 44.8 Å². The Labute approximate surface area is 95.1 Å². The quantitative estimate of drug-likeness (QED) is 0.813. The van der Waals surface area contributed by atoms with E-state index in [4.69, 9.17) is 4.74 Å². The fourth-order valence-corrected chi connectivity index (χ4v) is 2.51. The largest absolute Gasteiger partial charge is 0.390 e. The summed E-state index contributed by atoms with van der Waals surface area (Å²) in [5.41, 5.74) is -0.425. The number of ether oxygens (including phenoxy) is 1. The number of hydrogen-bond acceptors (Lipinski definition) is 4. The van der Waals surface area contributed by atoms with E-state index in [2.05, 4.69) is 4.98 Å². The van der Waals surface area contributed by atoms with Gasteiger partial charge in [0.05, 0.1) is 16.7 Å². The molecule has 0 fully saturated rings. The molecule has 0 aromatic carbocycles. The van der Waals surface area contributed by atoms with Crippen LogP contribution >= 0.6 is 11.3 Å². The summed E-state index contributed by atoms with van der Waals surface area (Å²) in [6, 6.07) is 0. The molecular weight excluding hydrogens is 210 g/mol. The van der Waals surface area contributed by atoms with Crippen molar-refractivity contribution in [3.63, 3.8) is 0 Å². The van der Waals surface area contributed by atoms with Crippen molar-refractivity contribution < 1.29 is 9.84 Å². The predicted molar refractivity (Wildman–Crippen MR) is 62.1 cm³/mol. The van der Waals surface area contributed by atoms with Crippen molar-refractivity contribution in [3.8, 4) is 0 Å². The lowest BCUT2D eigenvalue weighted by Crippen LogP contribution is -2.44. The van der Waals surface area contributed by atoms with E-state index in [0.29, 0.717) is 6.42 Å². The summed E-state index contributed by atoms with van der Waals surface area (Å²) in [4.78, 5) is 4.18. The van der Waals surface area contributed by atoms with E-state index in [0.717, 1.165) is 17.8 Å². The van der Waals surface area contributed by atoms with Crippen LogP contribution in [0.4, 0.5) is 0 Å². The predicted octanol–water partition coefficient (Wildman–Crippen LogP) is 2.25. The van der Waals surface area contributed by atoms with Crippen molar-refractivity contribution in [2.24, 2.45) is 0 Å². The fraction of sp³-hybridized carbons (Fsp3) is 0.727. The summed E-state index contributed by atoms with van der Waals surface area (Å²) in [5, 5.41) is 13.1. The lowest BCUT2D eigenvalue weighted by molar-refractivity contribution is -0.106. The number of hydrogen-bond donors (Lipinski definition) is 1.